The first kappa shape index (κ1) is 26.0. The number of benzene rings is 3. The molecule has 0 saturated carbocycles. The molecule has 0 aliphatic heterocycles. The summed E-state index contributed by atoms with van der Waals surface area (Å²) >= 11 is 6.03. The maximum Gasteiger partial charge on any atom is 0.212 e. The van der Waals surface area contributed by atoms with Gasteiger partial charge in [0, 0.05) is 6.54 Å². The van der Waals surface area contributed by atoms with E-state index in [1.807, 2.05) is 73.5 Å². The van der Waals surface area contributed by atoms with Gasteiger partial charge in [-0.05, 0) is 55.8 Å². The molecule has 0 amide bonds. The van der Waals surface area contributed by atoms with Crippen molar-refractivity contribution < 1.29 is 17.6 Å². The molecule has 0 aromatic heterocycles. The van der Waals surface area contributed by atoms with Crippen LogP contribution in [0.15, 0.2) is 66.7 Å². The van der Waals surface area contributed by atoms with Gasteiger partial charge in [-0.15, -0.1) is 0 Å². The number of halogens is 2. The van der Waals surface area contributed by atoms with Gasteiger partial charge < -0.3 is 4.90 Å². The molecule has 3 aromatic carbocycles. The zero-order valence-corrected chi connectivity index (χ0v) is 20.8. The van der Waals surface area contributed by atoms with E-state index in [1.165, 1.54) is 12.1 Å². The number of carbonyl (C=O) groups is 1. The summed E-state index contributed by atoms with van der Waals surface area (Å²) in [6, 6.07) is 20.3. The standard InChI is InChI=1S/C26H28ClFN2O3S/c1-19-8-6-11-21(14-19)22-15-23(26(28)24(27)16-22)25(31)17-29-34(32,33)13-7-12-30(2)18-20-9-4-3-5-10-20/h3-6,8-11,14-16,29H,7,12-13,17-18H2,1-2H3. The summed E-state index contributed by atoms with van der Waals surface area (Å²) in [6.45, 7) is 2.68. The van der Waals surface area contributed by atoms with E-state index in [-0.39, 0.29) is 16.3 Å². The Morgan fingerprint density at radius 1 is 1.03 bits per heavy atom. The van der Waals surface area contributed by atoms with Gasteiger partial charge in [-0.1, -0.05) is 71.8 Å². The van der Waals surface area contributed by atoms with Gasteiger partial charge in [-0.2, -0.15) is 0 Å². The second-order valence-electron chi connectivity index (χ2n) is 8.33. The SMILES string of the molecule is Cc1cccc(-c2cc(Cl)c(F)c(C(=O)CNS(=O)(=O)CCCN(C)Cc3ccccc3)c2)c1. The predicted octanol–water partition coefficient (Wildman–Crippen LogP) is 5.08. The highest BCUT2D eigenvalue weighted by Gasteiger charge is 2.19. The molecule has 1 N–H and O–H groups in total. The van der Waals surface area contributed by atoms with Crippen LogP contribution in [0.3, 0.4) is 0 Å². The van der Waals surface area contributed by atoms with Crippen molar-refractivity contribution in [1.82, 2.24) is 9.62 Å². The molecule has 0 unspecified atom stereocenters. The first-order chi connectivity index (χ1) is 16.1. The smallest absolute Gasteiger partial charge is 0.212 e. The molecule has 5 nitrogen and oxygen atoms in total. The van der Waals surface area contributed by atoms with Crippen molar-refractivity contribution >= 4 is 27.4 Å². The molecule has 0 aliphatic rings. The zero-order valence-electron chi connectivity index (χ0n) is 19.2. The van der Waals surface area contributed by atoms with Crippen LogP contribution in [-0.2, 0) is 16.6 Å². The fourth-order valence-corrected chi connectivity index (χ4v) is 4.85. The van der Waals surface area contributed by atoms with Crippen LogP contribution < -0.4 is 4.72 Å². The topological polar surface area (TPSA) is 66.5 Å². The molecule has 0 heterocycles. The summed E-state index contributed by atoms with van der Waals surface area (Å²) < 4.78 is 41.6. The maximum absolute atomic E-state index is 14.6. The first-order valence-corrected chi connectivity index (χ1v) is 13.0. The van der Waals surface area contributed by atoms with Gasteiger partial charge in [0.25, 0.3) is 0 Å². The first-order valence-electron chi connectivity index (χ1n) is 10.9. The number of nitrogens with zero attached hydrogens (tertiary/aromatic N) is 1. The number of ketones is 1. The Kier molecular flexibility index (Phi) is 8.97. The van der Waals surface area contributed by atoms with Gasteiger partial charge in [0.05, 0.1) is 22.9 Å². The third kappa shape index (κ3) is 7.46. The van der Waals surface area contributed by atoms with E-state index in [9.17, 15) is 17.6 Å². The molecule has 0 radical (unpaired) electrons. The van der Waals surface area contributed by atoms with E-state index in [0.717, 1.165) is 16.7 Å². The van der Waals surface area contributed by atoms with Crippen molar-refractivity contribution in [2.45, 2.75) is 19.9 Å². The van der Waals surface area contributed by atoms with Crippen LogP contribution in [0, 0.1) is 12.7 Å². The number of hydrogen-bond acceptors (Lipinski definition) is 4. The van der Waals surface area contributed by atoms with Gasteiger partial charge in [0.15, 0.2) is 11.6 Å². The van der Waals surface area contributed by atoms with Crippen molar-refractivity contribution in [2.24, 2.45) is 0 Å². The van der Waals surface area contributed by atoms with Crippen LogP contribution in [0.4, 0.5) is 4.39 Å². The van der Waals surface area contributed by atoms with Gasteiger partial charge in [-0.3, -0.25) is 4.79 Å². The summed E-state index contributed by atoms with van der Waals surface area (Å²) in [6.07, 6.45) is 0.399. The Morgan fingerprint density at radius 2 is 1.76 bits per heavy atom. The van der Waals surface area contributed by atoms with Gasteiger partial charge in [0.2, 0.25) is 10.0 Å². The summed E-state index contributed by atoms with van der Waals surface area (Å²) in [5.41, 5.74) is 3.28. The molecule has 0 bridgehead atoms. The number of carbonyl (C=O) groups excluding carboxylic acids is 1. The molecular weight excluding hydrogens is 475 g/mol. The molecule has 0 aliphatic carbocycles. The van der Waals surface area contributed by atoms with Crippen LogP contribution >= 0.6 is 11.6 Å². The maximum atomic E-state index is 14.6. The molecule has 0 spiro atoms. The highest BCUT2D eigenvalue weighted by atomic mass is 35.5. The molecule has 3 rings (SSSR count). The fourth-order valence-electron chi connectivity index (χ4n) is 3.62. The molecule has 0 atom stereocenters. The number of hydrogen-bond donors (Lipinski definition) is 1. The quantitative estimate of drug-likeness (QED) is 0.371. The van der Waals surface area contributed by atoms with Crippen LogP contribution in [0.5, 0.6) is 0 Å². The molecular formula is C26H28ClFN2O3S. The lowest BCUT2D eigenvalue weighted by atomic mass is 9.99. The average molecular weight is 503 g/mol. The number of sulfonamides is 1. The van der Waals surface area contributed by atoms with Crippen LogP contribution in [-0.4, -0.2) is 45.0 Å². The monoisotopic (exact) mass is 502 g/mol. The van der Waals surface area contributed by atoms with Gasteiger partial charge in [0.1, 0.15) is 0 Å². The molecule has 8 heteroatoms. The average Bonchev–Trinajstić information content (AvgIpc) is 2.80. The highest BCUT2D eigenvalue weighted by Crippen LogP contribution is 2.28. The van der Waals surface area contributed by atoms with Crippen molar-refractivity contribution in [2.75, 3.05) is 25.9 Å². The minimum absolute atomic E-state index is 0.133. The Balaban J connectivity index is 1.58. The van der Waals surface area contributed by atoms with E-state index in [0.29, 0.717) is 25.1 Å². The third-order valence-electron chi connectivity index (χ3n) is 5.38. The van der Waals surface area contributed by atoms with E-state index in [2.05, 4.69) is 4.72 Å². The third-order valence-corrected chi connectivity index (χ3v) is 7.07. The fraction of sp³-hybridized carbons (Fsp3) is 0.269. The van der Waals surface area contributed by atoms with E-state index in [1.54, 1.807) is 0 Å². The predicted molar refractivity (Wildman–Crippen MR) is 135 cm³/mol. The lowest BCUT2D eigenvalue weighted by Gasteiger charge is -2.16. The number of Topliss-reactive ketones (excluding diaryl/α,β-unsaturated/α-hetero) is 1. The zero-order chi connectivity index (χ0) is 24.7. The van der Waals surface area contributed by atoms with Crippen LogP contribution in [0.1, 0.15) is 27.9 Å². The minimum atomic E-state index is -3.70. The van der Waals surface area contributed by atoms with Crippen LogP contribution in [0.25, 0.3) is 11.1 Å². The Hall–Kier alpha value is -2.58. The molecule has 0 fully saturated rings. The van der Waals surface area contributed by atoms with Crippen molar-refractivity contribution in [3.8, 4) is 11.1 Å². The number of nitrogens with one attached hydrogen (secondary N) is 1. The number of aryl methyl sites for hydroxylation is 1. The molecule has 34 heavy (non-hydrogen) atoms. The Labute approximate surface area is 205 Å². The Morgan fingerprint density at radius 3 is 2.47 bits per heavy atom. The van der Waals surface area contributed by atoms with E-state index in [4.69, 9.17) is 11.6 Å². The van der Waals surface area contributed by atoms with Gasteiger partial charge in [-0.25, -0.2) is 17.5 Å². The van der Waals surface area contributed by atoms with Crippen molar-refractivity contribution in [3.63, 3.8) is 0 Å². The minimum Gasteiger partial charge on any atom is -0.302 e. The number of rotatable bonds is 11. The summed E-state index contributed by atoms with van der Waals surface area (Å²) in [4.78, 5) is 14.7. The second-order valence-corrected chi connectivity index (χ2v) is 10.7. The normalized spacial score (nSPS) is 11.7. The van der Waals surface area contributed by atoms with E-state index >= 15 is 0 Å². The molecule has 3 aromatic rings. The lowest BCUT2D eigenvalue weighted by Crippen LogP contribution is -2.33. The summed E-state index contributed by atoms with van der Waals surface area (Å²) in [5.74, 6) is -1.67. The van der Waals surface area contributed by atoms with Crippen molar-refractivity contribution in [1.29, 1.82) is 0 Å². The van der Waals surface area contributed by atoms with Crippen LogP contribution in [0.2, 0.25) is 5.02 Å². The largest absolute Gasteiger partial charge is 0.302 e. The molecule has 0 saturated heterocycles. The highest BCUT2D eigenvalue weighted by molar-refractivity contribution is 7.89. The van der Waals surface area contributed by atoms with Gasteiger partial charge >= 0.3 is 0 Å². The van der Waals surface area contributed by atoms with E-state index < -0.39 is 28.2 Å². The summed E-state index contributed by atoms with van der Waals surface area (Å²) in [7, 11) is -1.78. The molecule has 180 valence electrons. The Bertz CT molecular complexity index is 1250. The summed E-state index contributed by atoms with van der Waals surface area (Å²) in [5, 5.41) is -0.188. The van der Waals surface area contributed by atoms with Crippen molar-refractivity contribution in [3.05, 3.63) is 94.3 Å². The lowest BCUT2D eigenvalue weighted by molar-refractivity contribution is 0.0993. The second kappa shape index (κ2) is 11.7.